The second-order valence-corrected chi connectivity index (χ2v) is 11.4. The highest BCUT2D eigenvalue weighted by molar-refractivity contribution is 6.02. The Labute approximate surface area is 200 Å². The molecule has 0 aliphatic heterocycles. The average Bonchev–Trinajstić information content (AvgIpc) is 3.03. The lowest BCUT2D eigenvalue weighted by Gasteiger charge is -2.46. The SMILES string of the molecule is COc1cc(C)c(OC)c(CC=C(C)CC2=C(CC(C)(C)O)C(=O)C3(C)CCCC3(C)C2)c1. The summed E-state index contributed by atoms with van der Waals surface area (Å²) >= 11 is 0. The smallest absolute Gasteiger partial charge is 0.165 e. The molecule has 0 saturated heterocycles. The molecule has 1 aromatic carbocycles. The van der Waals surface area contributed by atoms with Gasteiger partial charge in [-0.3, -0.25) is 4.79 Å². The first kappa shape index (κ1) is 25.6. The number of rotatable bonds is 8. The molecule has 1 N–H and O–H groups in total. The normalized spacial score (nSPS) is 26.0. The Morgan fingerprint density at radius 2 is 1.88 bits per heavy atom. The van der Waals surface area contributed by atoms with Gasteiger partial charge in [-0.25, -0.2) is 0 Å². The Kier molecular flexibility index (Phi) is 7.19. The zero-order valence-corrected chi connectivity index (χ0v) is 21.9. The second kappa shape index (κ2) is 9.29. The molecule has 0 aromatic heterocycles. The minimum Gasteiger partial charge on any atom is -0.497 e. The zero-order valence-electron chi connectivity index (χ0n) is 21.9. The molecule has 1 saturated carbocycles. The van der Waals surface area contributed by atoms with Crippen LogP contribution in [-0.4, -0.2) is 30.7 Å². The van der Waals surface area contributed by atoms with Crippen molar-refractivity contribution in [3.05, 3.63) is 46.1 Å². The maximum absolute atomic E-state index is 13.8. The van der Waals surface area contributed by atoms with Crippen LogP contribution in [0.1, 0.15) is 84.3 Å². The predicted molar refractivity (Wildman–Crippen MR) is 134 cm³/mol. The van der Waals surface area contributed by atoms with Crippen LogP contribution in [0, 0.1) is 17.8 Å². The number of fused-ring (bicyclic) bond motifs is 1. The fraction of sp³-hybridized carbons (Fsp3) is 0.621. The third-order valence-electron chi connectivity index (χ3n) is 8.08. The lowest BCUT2D eigenvalue weighted by molar-refractivity contribution is -0.131. The Hall–Kier alpha value is -2.07. The van der Waals surface area contributed by atoms with Crippen LogP contribution in [0.2, 0.25) is 0 Å². The molecular formula is C29H42O4. The fourth-order valence-corrected chi connectivity index (χ4v) is 6.02. The minimum absolute atomic E-state index is 0.00984. The van der Waals surface area contributed by atoms with Crippen LogP contribution >= 0.6 is 0 Å². The number of aryl methyl sites for hydroxylation is 1. The van der Waals surface area contributed by atoms with Crippen LogP contribution in [-0.2, 0) is 11.2 Å². The van der Waals surface area contributed by atoms with Crippen molar-refractivity contribution in [3.8, 4) is 11.5 Å². The van der Waals surface area contributed by atoms with Crippen LogP contribution < -0.4 is 9.47 Å². The first-order chi connectivity index (χ1) is 15.3. The number of carbonyl (C=O) groups excluding carboxylic acids is 1. The molecule has 2 aliphatic carbocycles. The van der Waals surface area contributed by atoms with E-state index < -0.39 is 5.60 Å². The van der Waals surface area contributed by atoms with Gasteiger partial charge >= 0.3 is 0 Å². The molecule has 0 amide bonds. The molecule has 2 aliphatic rings. The van der Waals surface area contributed by atoms with Gasteiger partial charge in [0.15, 0.2) is 5.78 Å². The van der Waals surface area contributed by atoms with Gasteiger partial charge in [-0.1, -0.05) is 37.5 Å². The number of ketones is 1. The number of ether oxygens (including phenoxy) is 2. The third kappa shape index (κ3) is 5.06. The molecule has 33 heavy (non-hydrogen) atoms. The maximum atomic E-state index is 13.8. The van der Waals surface area contributed by atoms with Gasteiger partial charge in [-0.2, -0.15) is 0 Å². The van der Waals surface area contributed by atoms with Gasteiger partial charge in [0.2, 0.25) is 0 Å². The summed E-state index contributed by atoms with van der Waals surface area (Å²) in [5.74, 6) is 1.99. The van der Waals surface area contributed by atoms with Crippen molar-refractivity contribution in [2.75, 3.05) is 14.2 Å². The van der Waals surface area contributed by atoms with Crippen molar-refractivity contribution in [1.82, 2.24) is 0 Å². The lowest BCUT2D eigenvalue weighted by Crippen LogP contribution is -2.45. The van der Waals surface area contributed by atoms with Crippen LogP contribution in [0.4, 0.5) is 0 Å². The summed E-state index contributed by atoms with van der Waals surface area (Å²) in [6, 6.07) is 4.02. The highest BCUT2D eigenvalue weighted by Crippen LogP contribution is 2.61. The summed E-state index contributed by atoms with van der Waals surface area (Å²) < 4.78 is 11.1. The maximum Gasteiger partial charge on any atom is 0.165 e. The molecule has 0 heterocycles. The number of methoxy groups -OCH3 is 2. The summed E-state index contributed by atoms with van der Waals surface area (Å²) in [7, 11) is 3.38. The summed E-state index contributed by atoms with van der Waals surface area (Å²) in [6.07, 6.45) is 8.26. The van der Waals surface area contributed by atoms with Crippen LogP contribution in [0.15, 0.2) is 34.9 Å². The topological polar surface area (TPSA) is 55.8 Å². The molecular weight excluding hydrogens is 412 g/mol. The van der Waals surface area contributed by atoms with E-state index in [0.29, 0.717) is 6.42 Å². The molecule has 3 rings (SSSR count). The molecule has 2 unspecified atom stereocenters. The lowest BCUT2D eigenvalue weighted by atomic mass is 9.56. The fourth-order valence-electron chi connectivity index (χ4n) is 6.02. The minimum atomic E-state index is -0.901. The molecule has 0 bridgehead atoms. The van der Waals surface area contributed by atoms with Crippen molar-refractivity contribution in [2.24, 2.45) is 10.8 Å². The largest absolute Gasteiger partial charge is 0.497 e. The molecule has 1 fully saturated rings. The standard InChI is InChI=1S/C29H42O4/c1-19(10-11-21-16-23(32-7)15-20(2)25(21)33-8)14-22-17-28(5)12-9-13-29(28,6)26(30)24(22)18-27(3,4)31/h10,15-16,31H,9,11-14,17-18H2,1-8H3. The Bertz CT molecular complexity index is 978. The number of Topliss-reactive ketones (excluding diaryl/α,β-unsaturated/α-hetero) is 1. The number of carbonyl (C=O) groups is 1. The van der Waals surface area contributed by atoms with Crippen LogP contribution in [0.25, 0.3) is 0 Å². The van der Waals surface area contributed by atoms with E-state index in [4.69, 9.17) is 9.47 Å². The number of aliphatic hydroxyl groups is 1. The molecule has 4 heteroatoms. The van der Waals surface area contributed by atoms with Crippen molar-refractivity contribution in [2.45, 2.75) is 92.1 Å². The van der Waals surface area contributed by atoms with E-state index in [0.717, 1.165) is 66.7 Å². The molecule has 4 nitrogen and oxygen atoms in total. The van der Waals surface area contributed by atoms with Crippen molar-refractivity contribution >= 4 is 5.78 Å². The van der Waals surface area contributed by atoms with Crippen LogP contribution in [0.3, 0.4) is 0 Å². The van der Waals surface area contributed by atoms with Gasteiger partial charge in [0.25, 0.3) is 0 Å². The summed E-state index contributed by atoms with van der Waals surface area (Å²) in [6.45, 7) is 12.2. The summed E-state index contributed by atoms with van der Waals surface area (Å²) in [4.78, 5) is 13.8. The molecule has 0 spiro atoms. The first-order valence-electron chi connectivity index (χ1n) is 12.2. The van der Waals surface area contributed by atoms with Gasteiger partial charge in [0.05, 0.1) is 19.8 Å². The van der Waals surface area contributed by atoms with Gasteiger partial charge in [0, 0.05) is 17.4 Å². The third-order valence-corrected chi connectivity index (χ3v) is 8.08. The van der Waals surface area contributed by atoms with Crippen molar-refractivity contribution < 1.29 is 19.4 Å². The highest BCUT2D eigenvalue weighted by Gasteiger charge is 2.56. The van der Waals surface area contributed by atoms with E-state index in [-0.39, 0.29) is 16.6 Å². The number of hydrogen-bond acceptors (Lipinski definition) is 4. The summed E-state index contributed by atoms with van der Waals surface area (Å²) in [5, 5.41) is 10.6. The number of allylic oxidation sites excluding steroid dienone is 3. The van der Waals surface area contributed by atoms with E-state index >= 15 is 0 Å². The molecule has 2 atom stereocenters. The van der Waals surface area contributed by atoms with E-state index in [9.17, 15) is 9.90 Å². The predicted octanol–water partition coefficient (Wildman–Crippen LogP) is 6.52. The first-order valence-corrected chi connectivity index (χ1v) is 12.2. The van der Waals surface area contributed by atoms with E-state index in [1.807, 2.05) is 19.1 Å². The summed E-state index contributed by atoms with van der Waals surface area (Å²) in [5.41, 5.74) is 4.27. The Morgan fingerprint density at radius 3 is 2.48 bits per heavy atom. The van der Waals surface area contributed by atoms with E-state index in [2.05, 4.69) is 26.8 Å². The monoisotopic (exact) mass is 454 g/mol. The number of hydrogen-bond donors (Lipinski definition) is 1. The van der Waals surface area contributed by atoms with Gasteiger partial charge in [-0.05, 0) is 88.5 Å². The quantitative estimate of drug-likeness (QED) is 0.454. The van der Waals surface area contributed by atoms with Gasteiger partial charge in [0.1, 0.15) is 11.5 Å². The van der Waals surface area contributed by atoms with Crippen molar-refractivity contribution in [3.63, 3.8) is 0 Å². The molecule has 1 aromatic rings. The van der Waals surface area contributed by atoms with E-state index in [1.165, 1.54) is 11.1 Å². The highest BCUT2D eigenvalue weighted by atomic mass is 16.5. The van der Waals surface area contributed by atoms with Crippen molar-refractivity contribution in [1.29, 1.82) is 0 Å². The average molecular weight is 455 g/mol. The second-order valence-electron chi connectivity index (χ2n) is 11.4. The van der Waals surface area contributed by atoms with Gasteiger partial charge in [-0.15, -0.1) is 0 Å². The zero-order chi connectivity index (χ0) is 24.6. The van der Waals surface area contributed by atoms with Gasteiger partial charge < -0.3 is 14.6 Å². The molecule has 182 valence electrons. The Balaban J connectivity index is 1.92. The van der Waals surface area contributed by atoms with E-state index in [1.54, 1.807) is 28.1 Å². The molecule has 0 radical (unpaired) electrons. The van der Waals surface area contributed by atoms with Crippen LogP contribution in [0.5, 0.6) is 11.5 Å². The number of benzene rings is 1. The Morgan fingerprint density at radius 1 is 1.18 bits per heavy atom.